The fourth-order valence-electron chi connectivity index (χ4n) is 2.31. The quantitative estimate of drug-likeness (QED) is 0.795. The minimum atomic E-state index is -0.327. The highest BCUT2D eigenvalue weighted by Gasteiger charge is 2.25. The molecule has 1 aromatic carbocycles. The van der Waals surface area contributed by atoms with Crippen molar-refractivity contribution in [2.24, 2.45) is 15.9 Å². The van der Waals surface area contributed by atoms with E-state index in [9.17, 15) is 4.79 Å². The number of carbonyl (C=O) groups is 1. The van der Waals surface area contributed by atoms with Gasteiger partial charge in [0, 0.05) is 5.56 Å². The maximum absolute atomic E-state index is 11.1. The molecular weight excluding hydrogens is 268 g/mol. The molecule has 5 heteroatoms. The van der Waals surface area contributed by atoms with Gasteiger partial charge in [-0.25, -0.2) is 9.98 Å². The van der Waals surface area contributed by atoms with Gasteiger partial charge in [0.2, 0.25) is 0 Å². The van der Waals surface area contributed by atoms with Gasteiger partial charge >= 0.3 is 0 Å². The number of nitrogens with zero attached hydrogens (tertiary/aromatic N) is 2. The molecule has 1 aliphatic heterocycles. The van der Waals surface area contributed by atoms with Crippen molar-refractivity contribution in [2.75, 3.05) is 14.2 Å². The van der Waals surface area contributed by atoms with Crippen molar-refractivity contribution in [1.29, 1.82) is 0 Å². The van der Waals surface area contributed by atoms with E-state index in [2.05, 4.69) is 9.98 Å². The largest absolute Gasteiger partial charge is 0.493 e. The molecule has 0 aromatic heterocycles. The first-order valence-corrected chi connectivity index (χ1v) is 6.50. The zero-order chi connectivity index (χ0) is 14.8. The molecule has 5 nitrogen and oxygen atoms in total. The van der Waals surface area contributed by atoms with Gasteiger partial charge in [-0.05, 0) is 24.3 Å². The third kappa shape index (κ3) is 2.27. The van der Waals surface area contributed by atoms with E-state index in [0.717, 1.165) is 17.5 Å². The Labute approximate surface area is 122 Å². The maximum atomic E-state index is 11.1. The molecule has 0 N–H and O–H groups in total. The second kappa shape index (κ2) is 5.36. The van der Waals surface area contributed by atoms with Crippen LogP contribution in [0.4, 0.5) is 0 Å². The van der Waals surface area contributed by atoms with E-state index in [1.54, 1.807) is 14.2 Å². The average Bonchev–Trinajstić information content (AvgIpc) is 2.98. The molecule has 0 spiro atoms. The number of hydrogen-bond donors (Lipinski definition) is 0. The van der Waals surface area contributed by atoms with Crippen LogP contribution in [0, 0.1) is 5.92 Å². The summed E-state index contributed by atoms with van der Waals surface area (Å²) >= 11 is 0. The Kier molecular flexibility index (Phi) is 3.39. The molecule has 0 saturated carbocycles. The smallest absolute Gasteiger partial charge is 0.161 e. The number of ether oxygens (including phenoxy) is 2. The predicted octanol–water partition coefficient (Wildman–Crippen LogP) is 2.17. The highest BCUT2D eigenvalue weighted by atomic mass is 16.5. The van der Waals surface area contributed by atoms with Crippen LogP contribution in [-0.4, -0.2) is 32.1 Å². The molecule has 0 amide bonds. The summed E-state index contributed by atoms with van der Waals surface area (Å²) in [6, 6.07) is 5.50. The highest BCUT2D eigenvalue weighted by Crippen LogP contribution is 2.30. The molecule has 1 atom stereocenters. The Morgan fingerprint density at radius 1 is 1.14 bits per heavy atom. The van der Waals surface area contributed by atoms with E-state index in [1.165, 1.54) is 0 Å². The van der Waals surface area contributed by atoms with Crippen molar-refractivity contribution in [3.05, 3.63) is 47.7 Å². The minimum Gasteiger partial charge on any atom is -0.493 e. The van der Waals surface area contributed by atoms with Crippen LogP contribution < -0.4 is 9.47 Å². The molecule has 1 heterocycles. The molecule has 0 bridgehead atoms. The number of rotatable bonds is 4. The van der Waals surface area contributed by atoms with Gasteiger partial charge in [0.15, 0.2) is 17.3 Å². The van der Waals surface area contributed by atoms with Crippen LogP contribution >= 0.6 is 0 Å². The molecule has 0 fully saturated rings. The van der Waals surface area contributed by atoms with Gasteiger partial charge in [-0.1, -0.05) is 12.2 Å². The first-order chi connectivity index (χ1) is 10.3. The average molecular weight is 282 g/mol. The lowest BCUT2D eigenvalue weighted by Crippen LogP contribution is -2.15. The van der Waals surface area contributed by atoms with E-state index in [1.807, 2.05) is 36.4 Å². The monoisotopic (exact) mass is 282 g/mol. The summed E-state index contributed by atoms with van der Waals surface area (Å²) in [6.07, 6.45) is 6.36. The van der Waals surface area contributed by atoms with Gasteiger partial charge in [0.1, 0.15) is 6.29 Å². The number of aldehydes is 1. The van der Waals surface area contributed by atoms with Crippen LogP contribution in [0.15, 0.2) is 52.1 Å². The Hall–Kier alpha value is -2.69. The summed E-state index contributed by atoms with van der Waals surface area (Å²) in [5, 5.41) is 0. The van der Waals surface area contributed by atoms with Gasteiger partial charge in [-0.2, -0.15) is 0 Å². The lowest BCUT2D eigenvalue weighted by molar-refractivity contribution is -0.108. The summed E-state index contributed by atoms with van der Waals surface area (Å²) in [4.78, 5) is 20.0. The van der Waals surface area contributed by atoms with E-state index >= 15 is 0 Å². The van der Waals surface area contributed by atoms with E-state index in [4.69, 9.17) is 9.47 Å². The SMILES string of the molecule is COc1ccc(C2=NC3=CC=CC(C=O)C3=N2)cc1OC. The van der Waals surface area contributed by atoms with Gasteiger partial charge < -0.3 is 14.3 Å². The first kappa shape index (κ1) is 13.3. The molecule has 1 aliphatic carbocycles. The lowest BCUT2D eigenvalue weighted by atomic mass is 9.98. The number of carbonyl (C=O) groups excluding carboxylic acids is 1. The number of fused-ring (bicyclic) bond motifs is 1. The van der Waals surface area contributed by atoms with Crippen molar-refractivity contribution < 1.29 is 14.3 Å². The molecule has 21 heavy (non-hydrogen) atoms. The lowest BCUT2D eigenvalue weighted by Gasteiger charge is -2.08. The van der Waals surface area contributed by atoms with Crippen LogP contribution in [0.1, 0.15) is 5.56 Å². The Morgan fingerprint density at radius 2 is 1.95 bits per heavy atom. The van der Waals surface area contributed by atoms with Gasteiger partial charge in [-0.15, -0.1) is 0 Å². The molecule has 1 unspecified atom stereocenters. The fourth-order valence-corrected chi connectivity index (χ4v) is 2.31. The second-order valence-corrected chi connectivity index (χ2v) is 4.60. The molecule has 2 aliphatic rings. The zero-order valence-corrected chi connectivity index (χ0v) is 11.7. The van der Waals surface area contributed by atoms with Crippen molar-refractivity contribution >= 4 is 17.8 Å². The highest BCUT2D eigenvalue weighted by molar-refractivity contribution is 6.22. The molecular formula is C16H14N2O3. The fraction of sp³-hybridized carbons (Fsp3) is 0.188. The number of methoxy groups -OCH3 is 2. The number of hydrogen-bond acceptors (Lipinski definition) is 5. The zero-order valence-electron chi connectivity index (χ0n) is 11.7. The predicted molar refractivity (Wildman–Crippen MR) is 80.3 cm³/mol. The van der Waals surface area contributed by atoms with Crippen molar-refractivity contribution in [3.63, 3.8) is 0 Å². The third-order valence-electron chi connectivity index (χ3n) is 3.39. The topological polar surface area (TPSA) is 60.2 Å². The molecule has 106 valence electrons. The second-order valence-electron chi connectivity index (χ2n) is 4.60. The normalized spacial score (nSPS) is 19.3. The van der Waals surface area contributed by atoms with Gasteiger partial charge in [0.05, 0.1) is 31.5 Å². The molecule has 0 saturated heterocycles. The number of amidine groups is 1. The Bertz CT molecular complexity index is 714. The summed E-state index contributed by atoms with van der Waals surface area (Å²) in [5.41, 5.74) is 2.25. The van der Waals surface area contributed by atoms with E-state index in [-0.39, 0.29) is 5.92 Å². The Morgan fingerprint density at radius 3 is 2.67 bits per heavy atom. The number of benzene rings is 1. The first-order valence-electron chi connectivity index (χ1n) is 6.50. The van der Waals surface area contributed by atoms with Gasteiger partial charge in [-0.3, -0.25) is 0 Å². The van der Waals surface area contributed by atoms with Crippen LogP contribution in [0.2, 0.25) is 0 Å². The Balaban J connectivity index is 2.00. The minimum absolute atomic E-state index is 0.327. The summed E-state index contributed by atoms with van der Waals surface area (Å²) in [7, 11) is 3.17. The van der Waals surface area contributed by atoms with Crippen molar-refractivity contribution in [2.45, 2.75) is 0 Å². The van der Waals surface area contributed by atoms with Crippen LogP contribution in [-0.2, 0) is 4.79 Å². The van der Waals surface area contributed by atoms with Gasteiger partial charge in [0.25, 0.3) is 0 Å². The third-order valence-corrected chi connectivity index (χ3v) is 3.39. The summed E-state index contributed by atoms with van der Waals surface area (Å²) in [5.74, 6) is 1.52. The van der Waals surface area contributed by atoms with E-state index < -0.39 is 0 Å². The standard InChI is InChI=1S/C16H14N2O3/c1-20-13-7-6-10(8-14(13)21-2)16-17-12-5-3-4-11(9-19)15(12)18-16/h3-9,11H,1-2H3. The summed E-state index contributed by atoms with van der Waals surface area (Å²) in [6.45, 7) is 0. The number of aliphatic imine (C=N–C) groups is 2. The summed E-state index contributed by atoms with van der Waals surface area (Å²) < 4.78 is 10.5. The maximum Gasteiger partial charge on any atom is 0.161 e. The molecule has 3 rings (SSSR count). The van der Waals surface area contributed by atoms with Crippen molar-refractivity contribution in [3.8, 4) is 11.5 Å². The van der Waals surface area contributed by atoms with E-state index in [0.29, 0.717) is 23.0 Å². The van der Waals surface area contributed by atoms with Crippen LogP contribution in [0.3, 0.4) is 0 Å². The molecule has 0 radical (unpaired) electrons. The van der Waals surface area contributed by atoms with Crippen molar-refractivity contribution in [1.82, 2.24) is 0 Å². The van der Waals surface area contributed by atoms with Crippen LogP contribution in [0.25, 0.3) is 0 Å². The molecule has 1 aromatic rings. The van der Waals surface area contributed by atoms with Crippen LogP contribution in [0.5, 0.6) is 11.5 Å². The number of allylic oxidation sites excluding steroid dienone is 4.